The molecule has 1 aromatic heterocycles. The molecular weight excluding hydrogens is 358 g/mol. The van der Waals surface area contributed by atoms with Gasteiger partial charge in [-0.15, -0.1) is 0 Å². The van der Waals surface area contributed by atoms with E-state index in [-0.39, 0.29) is 28.3 Å². The second-order valence-corrected chi connectivity index (χ2v) is 6.00. The molecule has 0 bridgehead atoms. The lowest BCUT2D eigenvalue weighted by Gasteiger charge is -2.07. The van der Waals surface area contributed by atoms with Crippen LogP contribution in [0.2, 0.25) is 0 Å². The second-order valence-electron chi connectivity index (χ2n) is 4.14. The minimum Gasteiger partial charge on any atom is -0.493 e. The minimum absolute atomic E-state index is 0.0831. The molecule has 8 heteroatoms. The van der Waals surface area contributed by atoms with Crippen molar-refractivity contribution in [1.29, 1.82) is 0 Å². The molecule has 0 saturated carbocycles. The monoisotopic (exact) mass is 369 g/mol. The number of anilines is 1. The number of thioether (sulfide) groups is 1. The Labute approximate surface area is 133 Å². The normalized spacial score (nSPS) is 10.4. The Morgan fingerprint density at radius 3 is 2.76 bits per heavy atom. The summed E-state index contributed by atoms with van der Waals surface area (Å²) in [7, 11) is 1.53. The standard InChI is InChI=1S/C13H12BrN3O3S/c1-17-12(20)6-10(18)16-13(17)21-7-11(19)15-9-4-2-8(14)3-5-9/h2-6,18H,7H2,1H3,(H,15,19). The Hall–Kier alpha value is -1.80. The molecule has 0 fully saturated rings. The minimum atomic E-state index is -0.377. The fourth-order valence-electron chi connectivity index (χ4n) is 1.50. The number of hydrogen-bond acceptors (Lipinski definition) is 5. The van der Waals surface area contributed by atoms with Gasteiger partial charge in [0.25, 0.3) is 5.56 Å². The number of carbonyl (C=O) groups is 1. The number of hydrogen-bond donors (Lipinski definition) is 2. The maximum absolute atomic E-state index is 11.8. The van der Waals surface area contributed by atoms with Gasteiger partial charge < -0.3 is 10.4 Å². The van der Waals surface area contributed by atoms with Crippen LogP contribution in [0.4, 0.5) is 5.69 Å². The predicted octanol–water partition coefficient (Wildman–Crippen LogP) is 1.98. The van der Waals surface area contributed by atoms with Gasteiger partial charge in [-0.1, -0.05) is 27.7 Å². The molecule has 0 unspecified atom stereocenters. The van der Waals surface area contributed by atoms with Crippen LogP contribution in [-0.4, -0.2) is 26.3 Å². The van der Waals surface area contributed by atoms with Crippen molar-refractivity contribution in [2.45, 2.75) is 5.16 Å². The third kappa shape index (κ3) is 4.33. The molecule has 0 atom stereocenters. The van der Waals surface area contributed by atoms with E-state index < -0.39 is 0 Å². The Morgan fingerprint density at radius 1 is 1.43 bits per heavy atom. The summed E-state index contributed by atoms with van der Waals surface area (Å²) in [5.41, 5.74) is 0.305. The van der Waals surface area contributed by atoms with Crippen molar-refractivity contribution in [3.05, 3.63) is 45.2 Å². The number of aromatic hydroxyl groups is 1. The maximum atomic E-state index is 11.8. The Bertz CT molecular complexity index is 716. The highest BCUT2D eigenvalue weighted by molar-refractivity contribution is 9.10. The zero-order chi connectivity index (χ0) is 15.4. The van der Waals surface area contributed by atoms with Crippen molar-refractivity contribution >= 4 is 39.3 Å². The molecule has 0 spiro atoms. The number of rotatable bonds is 4. The molecular formula is C13H12BrN3O3S. The van der Waals surface area contributed by atoms with Gasteiger partial charge in [-0.3, -0.25) is 14.2 Å². The Morgan fingerprint density at radius 2 is 2.10 bits per heavy atom. The topological polar surface area (TPSA) is 84.2 Å². The number of nitrogens with one attached hydrogen (secondary N) is 1. The summed E-state index contributed by atoms with van der Waals surface area (Å²) in [6.45, 7) is 0. The summed E-state index contributed by atoms with van der Waals surface area (Å²) >= 11 is 4.39. The van der Waals surface area contributed by atoms with E-state index in [0.717, 1.165) is 22.3 Å². The average molecular weight is 370 g/mol. The molecule has 1 amide bonds. The van der Waals surface area contributed by atoms with Gasteiger partial charge in [0.1, 0.15) is 0 Å². The van der Waals surface area contributed by atoms with Crippen LogP contribution in [0.1, 0.15) is 0 Å². The molecule has 2 aromatic rings. The van der Waals surface area contributed by atoms with Crippen LogP contribution >= 0.6 is 27.7 Å². The highest BCUT2D eigenvalue weighted by Crippen LogP contribution is 2.17. The molecule has 1 heterocycles. The lowest BCUT2D eigenvalue weighted by atomic mass is 10.3. The van der Waals surface area contributed by atoms with E-state index in [1.165, 1.54) is 11.6 Å². The third-order valence-corrected chi connectivity index (χ3v) is 4.10. The third-order valence-electron chi connectivity index (χ3n) is 2.54. The van der Waals surface area contributed by atoms with Crippen LogP contribution in [0.3, 0.4) is 0 Å². The van der Waals surface area contributed by atoms with Gasteiger partial charge in [-0.25, -0.2) is 0 Å². The summed E-state index contributed by atoms with van der Waals surface area (Å²) in [5.74, 6) is -0.492. The lowest BCUT2D eigenvalue weighted by Crippen LogP contribution is -2.20. The van der Waals surface area contributed by atoms with Crippen LogP contribution in [0.25, 0.3) is 0 Å². The van der Waals surface area contributed by atoms with Crippen LogP contribution in [0.5, 0.6) is 5.88 Å². The summed E-state index contributed by atoms with van der Waals surface area (Å²) < 4.78 is 2.20. The first-order valence-electron chi connectivity index (χ1n) is 5.91. The molecule has 2 rings (SSSR count). The average Bonchev–Trinajstić information content (AvgIpc) is 2.44. The zero-order valence-corrected chi connectivity index (χ0v) is 13.4. The van der Waals surface area contributed by atoms with E-state index >= 15 is 0 Å². The van der Waals surface area contributed by atoms with E-state index in [1.54, 1.807) is 12.1 Å². The predicted molar refractivity (Wildman–Crippen MR) is 84.6 cm³/mol. The fraction of sp³-hybridized carbons (Fsp3) is 0.154. The van der Waals surface area contributed by atoms with E-state index in [4.69, 9.17) is 0 Å². The first-order valence-corrected chi connectivity index (χ1v) is 7.69. The second kappa shape index (κ2) is 6.77. The van der Waals surface area contributed by atoms with Crippen molar-refractivity contribution in [1.82, 2.24) is 9.55 Å². The highest BCUT2D eigenvalue weighted by atomic mass is 79.9. The van der Waals surface area contributed by atoms with Crippen LogP contribution < -0.4 is 10.9 Å². The summed E-state index contributed by atoms with van der Waals surface area (Å²) in [6, 6.07) is 8.21. The Balaban J connectivity index is 1.98. The van der Waals surface area contributed by atoms with Crippen molar-refractivity contribution in [3.8, 4) is 5.88 Å². The van der Waals surface area contributed by atoms with Crippen molar-refractivity contribution in [3.63, 3.8) is 0 Å². The van der Waals surface area contributed by atoms with Gasteiger partial charge in [-0.2, -0.15) is 4.98 Å². The molecule has 1 aromatic carbocycles. The summed E-state index contributed by atoms with van der Waals surface area (Å²) in [5, 5.41) is 12.3. The molecule has 110 valence electrons. The summed E-state index contributed by atoms with van der Waals surface area (Å²) in [4.78, 5) is 27.1. The molecule has 0 aliphatic carbocycles. The lowest BCUT2D eigenvalue weighted by molar-refractivity contribution is -0.113. The van der Waals surface area contributed by atoms with Crippen molar-refractivity contribution in [2.24, 2.45) is 7.05 Å². The molecule has 0 aliphatic rings. The zero-order valence-electron chi connectivity index (χ0n) is 11.0. The van der Waals surface area contributed by atoms with Crippen molar-refractivity contribution < 1.29 is 9.90 Å². The first kappa shape index (κ1) is 15.6. The van der Waals surface area contributed by atoms with Crippen LogP contribution in [0, 0.1) is 0 Å². The maximum Gasteiger partial charge on any atom is 0.257 e. The number of aromatic nitrogens is 2. The van der Waals surface area contributed by atoms with Gasteiger partial charge in [0.2, 0.25) is 11.8 Å². The number of benzene rings is 1. The van der Waals surface area contributed by atoms with E-state index in [9.17, 15) is 14.7 Å². The largest absolute Gasteiger partial charge is 0.493 e. The van der Waals surface area contributed by atoms with E-state index in [2.05, 4.69) is 26.2 Å². The molecule has 2 N–H and O–H groups in total. The first-order chi connectivity index (χ1) is 9.95. The van der Waals surface area contributed by atoms with Gasteiger partial charge in [0.05, 0.1) is 11.8 Å². The number of carbonyl (C=O) groups excluding carboxylic acids is 1. The molecule has 0 radical (unpaired) electrons. The van der Waals surface area contributed by atoms with Gasteiger partial charge in [0.15, 0.2) is 5.16 Å². The molecule has 0 aliphatic heterocycles. The van der Waals surface area contributed by atoms with E-state index in [1.807, 2.05) is 12.1 Å². The van der Waals surface area contributed by atoms with Gasteiger partial charge >= 0.3 is 0 Å². The van der Waals surface area contributed by atoms with Crippen molar-refractivity contribution in [2.75, 3.05) is 11.1 Å². The Kier molecular flexibility index (Phi) is 5.03. The van der Waals surface area contributed by atoms with Gasteiger partial charge in [0, 0.05) is 17.2 Å². The number of halogens is 1. The highest BCUT2D eigenvalue weighted by Gasteiger charge is 2.09. The molecule has 6 nitrogen and oxygen atoms in total. The smallest absolute Gasteiger partial charge is 0.257 e. The van der Waals surface area contributed by atoms with Crippen LogP contribution in [-0.2, 0) is 11.8 Å². The SMILES string of the molecule is Cn1c(SCC(=O)Nc2ccc(Br)cc2)nc(O)cc1=O. The molecule has 0 saturated heterocycles. The summed E-state index contributed by atoms with van der Waals surface area (Å²) in [6.07, 6.45) is 0. The van der Waals surface area contributed by atoms with Crippen LogP contribution in [0.15, 0.2) is 44.8 Å². The van der Waals surface area contributed by atoms with Gasteiger partial charge in [-0.05, 0) is 24.3 Å². The quantitative estimate of drug-likeness (QED) is 0.635. The van der Waals surface area contributed by atoms with E-state index in [0.29, 0.717) is 5.69 Å². The number of amides is 1. The number of nitrogens with zero attached hydrogens (tertiary/aromatic N) is 2. The fourth-order valence-corrected chi connectivity index (χ4v) is 2.53. The molecule has 21 heavy (non-hydrogen) atoms.